The van der Waals surface area contributed by atoms with Gasteiger partial charge < -0.3 is 5.11 Å². The van der Waals surface area contributed by atoms with Crippen LogP contribution in [0.15, 0.2) is 18.2 Å². The van der Waals surface area contributed by atoms with Crippen LogP contribution in [-0.2, 0) is 25.7 Å². The van der Waals surface area contributed by atoms with Crippen molar-refractivity contribution in [2.45, 2.75) is 130 Å². The van der Waals surface area contributed by atoms with Gasteiger partial charge in [-0.1, -0.05) is 71.3 Å². The lowest BCUT2D eigenvalue weighted by atomic mass is 9.72. The van der Waals surface area contributed by atoms with Crippen molar-refractivity contribution in [2.24, 2.45) is 0 Å². The molecule has 1 radical (unpaired) electrons. The Bertz CT molecular complexity index is 1060. The lowest BCUT2D eigenvalue weighted by Gasteiger charge is -2.03. The quantitative estimate of drug-likeness (QED) is 0.106. The number of aryl methyl sites for hydroxylation is 5. The summed E-state index contributed by atoms with van der Waals surface area (Å²) in [6, 6.07) is 7.44. The molecule has 0 spiro atoms. The van der Waals surface area contributed by atoms with Crippen molar-refractivity contribution in [3.63, 3.8) is 0 Å². The second-order valence-electron chi connectivity index (χ2n) is 11.0. The summed E-state index contributed by atoms with van der Waals surface area (Å²) < 4.78 is 2.93. The maximum atomic E-state index is 9.03. The summed E-state index contributed by atoms with van der Waals surface area (Å²) in [5.74, 6) is 0. The lowest BCUT2D eigenvalue weighted by molar-refractivity contribution is 0.282. The number of unbranched alkanes of at least 4 members (excludes halogenated alkanes) is 9. The van der Waals surface area contributed by atoms with Gasteiger partial charge in [0.15, 0.2) is 0 Å². The van der Waals surface area contributed by atoms with Crippen LogP contribution in [0, 0.1) is 13.8 Å². The van der Waals surface area contributed by atoms with Gasteiger partial charge in [-0.25, -0.2) is 0 Å². The highest BCUT2D eigenvalue weighted by atomic mass is 32.1. The Labute approximate surface area is 246 Å². The predicted octanol–water partition coefficient (Wildman–Crippen LogP) is 9.07. The minimum Gasteiger partial charge on any atom is -0.396 e. The van der Waals surface area contributed by atoms with Gasteiger partial charge in [0.05, 0.1) is 0 Å². The molecular weight excluding hydrogens is 519 g/mol. The van der Waals surface area contributed by atoms with Gasteiger partial charge in [-0.2, -0.15) is 22.7 Å². The van der Waals surface area contributed by atoms with Crippen molar-refractivity contribution in [3.05, 3.63) is 54.4 Å². The first kappa shape index (κ1) is 31.6. The van der Waals surface area contributed by atoms with E-state index < -0.39 is 0 Å². The molecule has 0 aromatic carbocycles. The molecule has 0 fully saturated rings. The molecular formula is C33H50BOS3. The average molecular weight is 570 g/mol. The number of rotatable bonds is 20. The minimum absolute atomic E-state index is 0.328. The number of aliphatic hydroxyl groups excluding tert-OH is 1. The fraction of sp³-hybridized carbons (Fsp3) is 0.636. The van der Waals surface area contributed by atoms with E-state index in [0.29, 0.717) is 6.61 Å². The second-order valence-corrected chi connectivity index (χ2v) is 14.8. The monoisotopic (exact) mass is 569 g/mol. The maximum Gasteiger partial charge on any atom is 0.219 e. The number of thiophene rings is 3. The molecule has 0 aliphatic heterocycles. The Hall–Kier alpha value is -0.875. The molecule has 1 nitrogen and oxygen atoms in total. The highest BCUT2D eigenvalue weighted by Gasteiger charge is 2.16. The number of hydrogen-bond donors (Lipinski definition) is 1. The van der Waals surface area contributed by atoms with Crippen LogP contribution >= 0.6 is 34.0 Å². The van der Waals surface area contributed by atoms with E-state index in [1.807, 2.05) is 34.0 Å². The van der Waals surface area contributed by atoms with Crippen LogP contribution in [0.2, 0.25) is 0 Å². The van der Waals surface area contributed by atoms with Crippen LogP contribution in [-0.4, -0.2) is 19.0 Å². The summed E-state index contributed by atoms with van der Waals surface area (Å²) in [5, 5.41) is 9.03. The van der Waals surface area contributed by atoms with Crippen LogP contribution in [0.4, 0.5) is 0 Å². The molecule has 3 aromatic rings. The summed E-state index contributed by atoms with van der Waals surface area (Å²) >= 11 is 6.02. The average Bonchev–Trinajstić information content (AvgIpc) is 3.56. The molecule has 3 aromatic heterocycles. The summed E-state index contributed by atoms with van der Waals surface area (Å²) in [6.07, 6.45) is 19.9. The molecule has 0 saturated heterocycles. The Kier molecular flexibility index (Phi) is 14.8. The Morgan fingerprint density at radius 1 is 0.658 bits per heavy atom. The molecule has 0 saturated carbocycles. The van der Waals surface area contributed by atoms with Crippen molar-refractivity contribution in [1.29, 1.82) is 0 Å². The van der Waals surface area contributed by atoms with Gasteiger partial charge in [0.2, 0.25) is 7.28 Å². The minimum atomic E-state index is 0.328. The van der Waals surface area contributed by atoms with Crippen LogP contribution in [0.5, 0.6) is 0 Å². The predicted molar refractivity (Wildman–Crippen MR) is 175 cm³/mol. The topological polar surface area (TPSA) is 20.2 Å². The van der Waals surface area contributed by atoms with Crippen molar-refractivity contribution in [3.8, 4) is 0 Å². The zero-order valence-corrected chi connectivity index (χ0v) is 27.0. The first-order chi connectivity index (χ1) is 18.5. The van der Waals surface area contributed by atoms with Gasteiger partial charge >= 0.3 is 0 Å². The van der Waals surface area contributed by atoms with E-state index in [2.05, 4.69) is 53.2 Å². The third-order valence-corrected chi connectivity index (χ3v) is 10.8. The molecule has 209 valence electrons. The van der Waals surface area contributed by atoms with Gasteiger partial charge in [0.1, 0.15) is 0 Å². The van der Waals surface area contributed by atoms with E-state index >= 15 is 0 Å². The Balaban J connectivity index is 1.70. The molecule has 3 heterocycles. The van der Waals surface area contributed by atoms with Crippen molar-refractivity contribution in [1.82, 2.24) is 0 Å². The molecule has 0 bridgehead atoms. The zero-order chi connectivity index (χ0) is 27.2. The van der Waals surface area contributed by atoms with Crippen LogP contribution in [0.3, 0.4) is 0 Å². The summed E-state index contributed by atoms with van der Waals surface area (Å²) in [4.78, 5) is 6.05. The zero-order valence-electron chi connectivity index (χ0n) is 24.5. The van der Waals surface area contributed by atoms with E-state index in [4.69, 9.17) is 5.11 Å². The molecule has 0 atom stereocenters. The van der Waals surface area contributed by atoms with E-state index in [1.165, 1.54) is 108 Å². The molecule has 1 N–H and O–H groups in total. The lowest BCUT2D eigenvalue weighted by Crippen LogP contribution is -2.24. The first-order valence-corrected chi connectivity index (χ1v) is 17.7. The highest BCUT2D eigenvalue weighted by molar-refractivity contribution is 7.29. The van der Waals surface area contributed by atoms with E-state index in [1.54, 1.807) is 21.6 Å². The largest absolute Gasteiger partial charge is 0.396 e. The fourth-order valence-corrected chi connectivity index (χ4v) is 8.78. The SMILES string of the molecule is CCCCCCc1cc(C)sc1[B]c1cc(CCCCCC)c(Cc2cc(CCCCCCO)c(C)s2)s1. The summed E-state index contributed by atoms with van der Waals surface area (Å²) in [6.45, 7) is 9.49. The van der Waals surface area contributed by atoms with Crippen molar-refractivity contribution < 1.29 is 5.11 Å². The summed E-state index contributed by atoms with van der Waals surface area (Å²) in [7, 11) is 2.49. The molecule has 3 rings (SSSR count). The molecule has 38 heavy (non-hydrogen) atoms. The summed E-state index contributed by atoms with van der Waals surface area (Å²) in [5.41, 5.74) is 4.69. The van der Waals surface area contributed by atoms with Crippen LogP contribution in [0.1, 0.15) is 127 Å². The van der Waals surface area contributed by atoms with Crippen LogP contribution in [0.25, 0.3) is 0 Å². The van der Waals surface area contributed by atoms with Crippen molar-refractivity contribution >= 4 is 50.8 Å². The molecule has 0 unspecified atom stereocenters. The third-order valence-electron chi connectivity index (χ3n) is 7.51. The normalized spacial score (nSPS) is 11.5. The van der Waals surface area contributed by atoms with Crippen LogP contribution < -0.4 is 9.55 Å². The van der Waals surface area contributed by atoms with E-state index in [9.17, 15) is 0 Å². The fourth-order valence-electron chi connectivity index (χ4n) is 5.30. The molecule has 5 heteroatoms. The van der Waals surface area contributed by atoms with Gasteiger partial charge in [-0.15, -0.1) is 11.3 Å². The van der Waals surface area contributed by atoms with E-state index in [0.717, 1.165) is 19.3 Å². The Morgan fingerprint density at radius 3 is 1.97 bits per heavy atom. The first-order valence-electron chi connectivity index (χ1n) is 15.3. The van der Waals surface area contributed by atoms with Gasteiger partial charge in [-0.05, 0) is 97.2 Å². The van der Waals surface area contributed by atoms with Crippen molar-refractivity contribution in [2.75, 3.05) is 6.61 Å². The molecule has 0 aliphatic rings. The molecule has 0 aliphatic carbocycles. The smallest absolute Gasteiger partial charge is 0.219 e. The van der Waals surface area contributed by atoms with Gasteiger partial charge in [0, 0.05) is 32.5 Å². The van der Waals surface area contributed by atoms with Gasteiger partial charge in [-0.3, -0.25) is 0 Å². The number of aliphatic hydroxyl groups is 1. The van der Waals surface area contributed by atoms with Gasteiger partial charge in [0.25, 0.3) is 0 Å². The Morgan fingerprint density at radius 2 is 1.29 bits per heavy atom. The van der Waals surface area contributed by atoms with E-state index in [-0.39, 0.29) is 0 Å². The second kappa shape index (κ2) is 17.7. The molecule has 0 amide bonds. The standard InChI is InChI=1S/C33H50BOS3/c1-5-7-9-13-18-28-23-32(34-33-29(21-25(3)36-33)19-14-10-8-6-2)38-31(28)24-30-22-27(26(4)37-30)17-15-11-12-16-20-35/h21-23,35H,5-20,24H2,1-4H3. The number of hydrogen-bond acceptors (Lipinski definition) is 4. The highest BCUT2D eigenvalue weighted by Crippen LogP contribution is 2.29. The maximum absolute atomic E-state index is 9.03. The third kappa shape index (κ3) is 10.6.